The monoisotopic (exact) mass is 212 g/mol. The molecule has 0 aliphatic carbocycles. The lowest BCUT2D eigenvalue weighted by Crippen LogP contribution is -2.50. The Balaban J connectivity index is 2.62. The summed E-state index contributed by atoms with van der Waals surface area (Å²) >= 11 is 0. The van der Waals surface area contributed by atoms with Crippen LogP contribution in [0.4, 0.5) is 0 Å². The van der Waals surface area contributed by atoms with E-state index in [2.05, 4.69) is 31.0 Å². The van der Waals surface area contributed by atoms with E-state index in [0.717, 1.165) is 0 Å². The van der Waals surface area contributed by atoms with E-state index >= 15 is 0 Å². The van der Waals surface area contributed by atoms with Crippen molar-refractivity contribution in [1.29, 1.82) is 0 Å². The molecule has 0 spiro atoms. The number of nitrogens with zero attached hydrogens (tertiary/aromatic N) is 1. The SMILES string of the molecule is CCC(CC)(CC)N1CCCNCCC1. The first-order chi connectivity index (χ1) is 7.29. The van der Waals surface area contributed by atoms with Crippen LogP contribution in [-0.2, 0) is 0 Å². The molecule has 1 saturated heterocycles. The Labute approximate surface area is 95.4 Å². The second-order valence-corrected chi connectivity index (χ2v) is 4.73. The van der Waals surface area contributed by atoms with Gasteiger partial charge in [-0.25, -0.2) is 0 Å². The molecule has 1 aliphatic rings. The maximum Gasteiger partial charge on any atom is 0.0201 e. The Bertz CT molecular complexity index is 148. The van der Waals surface area contributed by atoms with E-state index in [1.807, 2.05) is 0 Å². The van der Waals surface area contributed by atoms with Gasteiger partial charge in [0.15, 0.2) is 0 Å². The molecule has 0 aromatic carbocycles. The van der Waals surface area contributed by atoms with Gasteiger partial charge >= 0.3 is 0 Å². The van der Waals surface area contributed by atoms with Crippen LogP contribution in [0.15, 0.2) is 0 Å². The lowest BCUT2D eigenvalue weighted by atomic mass is 9.87. The van der Waals surface area contributed by atoms with E-state index in [0.29, 0.717) is 5.54 Å². The molecule has 1 heterocycles. The van der Waals surface area contributed by atoms with Crippen molar-refractivity contribution in [2.75, 3.05) is 26.2 Å². The van der Waals surface area contributed by atoms with Gasteiger partial charge in [0.25, 0.3) is 0 Å². The van der Waals surface area contributed by atoms with E-state index in [1.165, 1.54) is 58.3 Å². The summed E-state index contributed by atoms with van der Waals surface area (Å²) < 4.78 is 0. The van der Waals surface area contributed by atoms with Gasteiger partial charge in [-0.1, -0.05) is 20.8 Å². The summed E-state index contributed by atoms with van der Waals surface area (Å²) in [5, 5.41) is 3.49. The van der Waals surface area contributed by atoms with Crippen molar-refractivity contribution in [3.05, 3.63) is 0 Å². The predicted octanol–water partition coefficient (Wildman–Crippen LogP) is 2.64. The fraction of sp³-hybridized carbons (Fsp3) is 1.00. The summed E-state index contributed by atoms with van der Waals surface area (Å²) in [6, 6.07) is 0. The molecule has 90 valence electrons. The first-order valence-electron chi connectivity index (χ1n) is 6.75. The second-order valence-electron chi connectivity index (χ2n) is 4.73. The van der Waals surface area contributed by atoms with Crippen molar-refractivity contribution in [1.82, 2.24) is 10.2 Å². The molecule has 0 radical (unpaired) electrons. The summed E-state index contributed by atoms with van der Waals surface area (Å²) in [6.07, 6.45) is 6.51. The van der Waals surface area contributed by atoms with Crippen LogP contribution in [-0.4, -0.2) is 36.6 Å². The normalized spacial score (nSPS) is 21.0. The number of nitrogens with one attached hydrogen (secondary N) is 1. The zero-order valence-corrected chi connectivity index (χ0v) is 10.8. The van der Waals surface area contributed by atoms with E-state index in [-0.39, 0.29) is 0 Å². The van der Waals surface area contributed by atoms with Crippen LogP contribution in [0.1, 0.15) is 52.9 Å². The average molecular weight is 212 g/mol. The molecule has 1 aliphatic heterocycles. The van der Waals surface area contributed by atoms with Crippen LogP contribution < -0.4 is 5.32 Å². The third-order valence-corrected chi connectivity index (χ3v) is 4.21. The lowest BCUT2D eigenvalue weighted by molar-refractivity contribution is 0.0669. The van der Waals surface area contributed by atoms with Gasteiger partial charge in [0.05, 0.1) is 0 Å². The predicted molar refractivity (Wildman–Crippen MR) is 67.3 cm³/mol. The van der Waals surface area contributed by atoms with Gasteiger partial charge in [-0.3, -0.25) is 4.90 Å². The van der Waals surface area contributed by atoms with Gasteiger partial charge in [0.2, 0.25) is 0 Å². The Morgan fingerprint density at radius 3 is 1.80 bits per heavy atom. The Hall–Kier alpha value is -0.0800. The fourth-order valence-electron chi connectivity index (χ4n) is 2.92. The number of hydrogen-bond acceptors (Lipinski definition) is 2. The smallest absolute Gasteiger partial charge is 0.0201 e. The molecule has 0 atom stereocenters. The van der Waals surface area contributed by atoms with Crippen molar-refractivity contribution >= 4 is 0 Å². The molecular formula is C13H28N2. The summed E-state index contributed by atoms with van der Waals surface area (Å²) in [4.78, 5) is 2.76. The molecule has 1 fully saturated rings. The second kappa shape index (κ2) is 6.49. The summed E-state index contributed by atoms with van der Waals surface area (Å²) in [6.45, 7) is 12.0. The molecule has 2 heteroatoms. The van der Waals surface area contributed by atoms with Crippen molar-refractivity contribution in [2.45, 2.75) is 58.4 Å². The Morgan fingerprint density at radius 1 is 0.933 bits per heavy atom. The topological polar surface area (TPSA) is 15.3 Å². The van der Waals surface area contributed by atoms with Gasteiger partial charge in [-0.15, -0.1) is 0 Å². The van der Waals surface area contributed by atoms with Crippen LogP contribution in [0.3, 0.4) is 0 Å². The van der Waals surface area contributed by atoms with E-state index in [1.54, 1.807) is 0 Å². The van der Waals surface area contributed by atoms with E-state index in [4.69, 9.17) is 0 Å². The maximum atomic E-state index is 3.49. The molecule has 2 nitrogen and oxygen atoms in total. The highest BCUT2D eigenvalue weighted by Gasteiger charge is 2.30. The van der Waals surface area contributed by atoms with Crippen LogP contribution in [0.25, 0.3) is 0 Å². The summed E-state index contributed by atoms with van der Waals surface area (Å²) in [5.41, 5.74) is 0.483. The number of rotatable bonds is 4. The van der Waals surface area contributed by atoms with E-state index in [9.17, 15) is 0 Å². The fourth-order valence-corrected chi connectivity index (χ4v) is 2.92. The maximum absolute atomic E-state index is 3.49. The van der Waals surface area contributed by atoms with Crippen molar-refractivity contribution in [3.8, 4) is 0 Å². The first kappa shape index (κ1) is 13.0. The van der Waals surface area contributed by atoms with E-state index < -0.39 is 0 Å². The minimum absolute atomic E-state index is 0.483. The van der Waals surface area contributed by atoms with Gasteiger partial charge in [-0.2, -0.15) is 0 Å². The van der Waals surface area contributed by atoms with Crippen molar-refractivity contribution in [2.24, 2.45) is 0 Å². The minimum atomic E-state index is 0.483. The highest BCUT2D eigenvalue weighted by Crippen LogP contribution is 2.28. The van der Waals surface area contributed by atoms with Gasteiger partial charge < -0.3 is 5.32 Å². The van der Waals surface area contributed by atoms with Crippen LogP contribution >= 0.6 is 0 Å². The summed E-state index contributed by atoms with van der Waals surface area (Å²) in [5.74, 6) is 0. The third-order valence-electron chi connectivity index (χ3n) is 4.21. The molecule has 1 rings (SSSR count). The van der Waals surface area contributed by atoms with Crippen LogP contribution in [0, 0.1) is 0 Å². The molecule has 1 N–H and O–H groups in total. The molecule has 15 heavy (non-hydrogen) atoms. The molecule has 0 aromatic heterocycles. The van der Waals surface area contributed by atoms with Crippen LogP contribution in [0.5, 0.6) is 0 Å². The minimum Gasteiger partial charge on any atom is -0.317 e. The highest BCUT2D eigenvalue weighted by molar-refractivity contribution is 4.87. The molecule has 0 amide bonds. The first-order valence-corrected chi connectivity index (χ1v) is 6.75. The average Bonchev–Trinajstić information content (AvgIpc) is 2.23. The van der Waals surface area contributed by atoms with Crippen LogP contribution in [0.2, 0.25) is 0 Å². The quantitative estimate of drug-likeness (QED) is 0.770. The standard InChI is InChI=1S/C13H28N2/c1-4-13(5-2,6-3)15-11-7-9-14-10-8-12-15/h14H,4-12H2,1-3H3. The molecule has 0 saturated carbocycles. The van der Waals surface area contributed by atoms with Gasteiger partial charge in [0, 0.05) is 5.54 Å². The Morgan fingerprint density at radius 2 is 1.40 bits per heavy atom. The third kappa shape index (κ3) is 3.18. The highest BCUT2D eigenvalue weighted by atomic mass is 15.2. The Kier molecular flexibility index (Phi) is 5.62. The molecular weight excluding hydrogens is 184 g/mol. The zero-order valence-electron chi connectivity index (χ0n) is 10.8. The van der Waals surface area contributed by atoms with Crippen molar-refractivity contribution < 1.29 is 0 Å². The molecule has 0 aromatic rings. The van der Waals surface area contributed by atoms with Gasteiger partial charge in [0.1, 0.15) is 0 Å². The zero-order chi connectivity index (χ0) is 11.1. The number of hydrogen-bond donors (Lipinski definition) is 1. The molecule has 0 unspecified atom stereocenters. The largest absolute Gasteiger partial charge is 0.317 e. The molecule has 0 bridgehead atoms. The summed E-state index contributed by atoms with van der Waals surface area (Å²) in [7, 11) is 0. The lowest BCUT2D eigenvalue weighted by Gasteiger charge is -2.44. The van der Waals surface area contributed by atoms with Crippen molar-refractivity contribution in [3.63, 3.8) is 0 Å². The van der Waals surface area contributed by atoms with Gasteiger partial charge in [-0.05, 0) is 58.3 Å².